The Bertz CT molecular complexity index is 1570. The molecule has 3 N–H and O–H groups in total. The van der Waals surface area contributed by atoms with Crippen molar-refractivity contribution < 1.29 is 5.11 Å². The lowest BCUT2D eigenvalue weighted by molar-refractivity contribution is 0.474. The Balaban J connectivity index is 1.76. The summed E-state index contributed by atoms with van der Waals surface area (Å²) >= 11 is 12.1. The normalized spacial score (nSPS) is 11.4. The second-order valence-electron chi connectivity index (χ2n) is 8.56. The van der Waals surface area contributed by atoms with Crippen molar-refractivity contribution >= 4 is 23.2 Å². The van der Waals surface area contributed by atoms with Crippen molar-refractivity contribution in [2.45, 2.75) is 19.8 Å². The number of H-pyrrole nitrogens is 2. The summed E-state index contributed by atoms with van der Waals surface area (Å²) in [5.41, 5.74) is 3.22. The van der Waals surface area contributed by atoms with E-state index in [1.165, 1.54) is 9.36 Å². The minimum Gasteiger partial charge on any atom is -0.508 e. The Hall–Kier alpha value is -3.94. The van der Waals surface area contributed by atoms with Gasteiger partial charge < -0.3 is 5.11 Å². The van der Waals surface area contributed by atoms with E-state index in [4.69, 9.17) is 23.2 Å². The molecule has 182 valence electrons. The summed E-state index contributed by atoms with van der Waals surface area (Å²) in [4.78, 5) is 27.6. The van der Waals surface area contributed by atoms with Gasteiger partial charge in [-0.25, -0.2) is 9.36 Å². The molecule has 5 rings (SSSR count). The second-order valence-corrected chi connectivity index (χ2v) is 9.44. The van der Waals surface area contributed by atoms with Crippen LogP contribution in [0.5, 0.6) is 5.75 Å². The van der Waals surface area contributed by atoms with Gasteiger partial charge in [0.2, 0.25) is 0 Å². The van der Waals surface area contributed by atoms with E-state index in [9.17, 15) is 14.7 Å². The average Bonchev–Trinajstić information content (AvgIpc) is 3.31. The molecule has 7 nitrogen and oxygen atoms in total. The number of nitrogens with one attached hydrogen (secondary N) is 2. The van der Waals surface area contributed by atoms with E-state index in [1.54, 1.807) is 86.6 Å². The third-order valence-corrected chi connectivity index (χ3v) is 6.69. The number of rotatable bonds is 5. The van der Waals surface area contributed by atoms with Crippen LogP contribution in [0.3, 0.4) is 0 Å². The number of aromatic nitrogens is 4. The van der Waals surface area contributed by atoms with E-state index in [1.807, 2.05) is 0 Å². The fourth-order valence-corrected chi connectivity index (χ4v) is 4.78. The van der Waals surface area contributed by atoms with Crippen LogP contribution < -0.4 is 11.1 Å². The molecule has 0 aliphatic carbocycles. The van der Waals surface area contributed by atoms with E-state index in [0.29, 0.717) is 49.5 Å². The predicted molar refractivity (Wildman–Crippen MR) is 141 cm³/mol. The van der Waals surface area contributed by atoms with E-state index in [-0.39, 0.29) is 16.9 Å². The van der Waals surface area contributed by atoms with Gasteiger partial charge >= 0.3 is 0 Å². The van der Waals surface area contributed by atoms with Crippen LogP contribution in [-0.2, 0) is 0 Å². The van der Waals surface area contributed by atoms with Gasteiger partial charge in [0, 0.05) is 27.4 Å². The van der Waals surface area contributed by atoms with Gasteiger partial charge in [-0.1, -0.05) is 35.3 Å². The van der Waals surface area contributed by atoms with Crippen LogP contribution in [-0.4, -0.2) is 24.7 Å². The monoisotopic (exact) mass is 520 g/mol. The number of phenols is 1. The van der Waals surface area contributed by atoms with Crippen molar-refractivity contribution in [3.8, 4) is 17.1 Å². The quantitative estimate of drug-likeness (QED) is 0.287. The standard InChI is InChI=1S/C27H22Cl2N4O3/c1-15-23(26(35)32(30-15)20-10-6-18(28)7-11-20)25(17-4-3-5-22(34)14-17)24-16(2)31-33(27(24)36)21-12-8-19(29)9-13-21/h3-14,25,30-31,34H,1-2H3. The summed E-state index contributed by atoms with van der Waals surface area (Å²) in [6.07, 6.45) is 0. The van der Waals surface area contributed by atoms with Crippen LogP contribution in [0.1, 0.15) is 34.0 Å². The van der Waals surface area contributed by atoms with Gasteiger partial charge in [0.15, 0.2) is 0 Å². The van der Waals surface area contributed by atoms with Crippen molar-refractivity contribution in [2.24, 2.45) is 0 Å². The molecule has 0 unspecified atom stereocenters. The highest BCUT2D eigenvalue weighted by molar-refractivity contribution is 6.30. The molecular formula is C27H22Cl2N4O3. The zero-order valence-corrected chi connectivity index (χ0v) is 20.9. The molecule has 36 heavy (non-hydrogen) atoms. The molecule has 0 aliphatic rings. The second kappa shape index (κ2) is 9.26. The van der Waals surface area contributed by atoms with E-state index in [2.05, 4.69) is 10.2 Å². The van der Waals surface area contributed by atoms with E-state index in [0.717, 1.165) is 0 Å². The number of phenolic OH excluding ortho intramolecular Hbond substituents is 1. The summed E-state index contributed by atoms with van der Waals surface area (Å²) in [6.45, 7) is 3.58. The zero-order valence-electron chi connectivity index (χ0n) is 19.4. The SMILES string of the molecule is Cc1[nH]n(-c2ccc(Cl)cc2)c(=O)c1C(c1cccc(O)c1)c1c(C)[nH]n(-c2ccc(Cl)cc2)c1=O. The molecule has 0 bridgehead atoms. The molecule has 3 aromatic carbocycles. The molecule has 0 saturated heterocycles. The number of benzene rings is 3. The minimum absolute atomic E-state index is 0.0370. The molecule has 0 amide bonds. The number of halogens is 2. The maximum absolute atomic E-state index is 13.8. The van der Waals surface area contributed by atoms with Gasteiger partial charge in [0.25, 0.3) is 11.1 Å². The fraction of sp³-hybridized carbons (Fsp3) is 0.111. The smallest absolute Gasteiger partial charge is 0.275 e. The summed E-state index contributed by atoms with van der Waals surface area (Å²) in [5.74, 6) is -0.707. The van der Waals surface area contributed by atoms with Crippen LogP contribution in [0.25, 0.3) is 11.4 Å². The molecule has 0 fully saturated rings. The van der Waals surface area contributed by atoms with Crippen molar-refractivity contribution in [3.63, 3.8) is 0 Å². The molecule has 0 atom stereocenters. The topological polar surface area (TPSA) is 95.8 Å². The van der Waals surface area contributed by atoms with Gasteiger partial charge in [0.1, 0.15) is 5.75 Å². The first-order valence-electron chi connectivity index (χ1n) is 11.2. The van der Waals surface area contributed by atoms with E-state index < -0.39 is 5.92 Å². The van der Waals surface area contributed by atoms with Crippen molar-refractivity contribution in [1.29, 1.82) is 0 Å². The number of aromatic hydroxyl groups is 1. The van der Waals surface area contributed by atoms with Crippen molar-refractivity contribution in [3.05, 3.63) is 132 Å². The van der Waals surface area contributed by atoms with Crippen LogP contribution in [0.4, 0.5) is 0 Å². The lowest BCUT2D eigenvalue weighted by Crippen LogP contribution is -2.25. The van der Waals surface area contributed by atoms with Gasteiger partial charge in [-0.3, -0.25) is 19.8 Å². The minimum atomic E-state index is -0.744. The number of aryl methyl sites for hydroxylation is 2. The lowest BCUT2D eigenvalue weighted by atomic mass is 9.85. The maximum atomic E-state index is 13.8. The highest BCUT2D eigenvalue weighted by Crippen LogP contribution is 2.33. The Morgan fingerprint density at radius 1 is 0.722 bits per heavy atom. The largest absolute Gasteiger partial charge is 0.508 e. The Morgan fingerprint density at radius 2 is 1.17 bits per heavy atom. The Morgan fingerprint density at radius 3 is 1.58 bits per heavy atom. The molecule has 2 aromatic heterocycles. The number of hydrogen-bond donors (Lipinski definition) is 3. The maximum Gasteiger partial charge on any atom is 0.275 e. The fourth-order valence-electron chi connectivity index (χ4n) is 4.53. The molecular weight excluding hydrogens is 499 g/mol. The number of hydrogen-bond acceptors (Lipinski definition) is 3. The highest BCUT2D eigenvalue weighted by Gasteiger charge is 2.31. The lowest BCUT2D eigenvalue weighted by Gasteiger charge is -2.16. The Labute approximate surface area is 216 Å². The summed E-state index contributed by atoms with van der Waals surface area (Å²) in [6, 6.07) is 20.4. The zero-order chi connectivity index (χ0) is 25.6. The summed E-state index contributed by atoms with van der Waals surface area (Å²) in [7, 11) is 0. The first kappa shape index (κ1) is 23.8. The molecule has 5 aromatic rings. The van der Waals surface area contributed by atoms with Crippen molar-refractivity contribution in [2.75, 3.05) is 0 Å². The number of aromatic amines is 2. The third-order valence-electron chi connectivity index (χ3n) is 6.18. The van der Waals surface area contributed by atoms with Crippen LogP contribution >= 0.6 is 23.2 Å². The molecule has 0 aliphatic heterocycles. The van der Waals surface area contributed by atoms with Crippen molar-refractivity contribution in [1.82, 2.24) is 19.6 Å². The van der Waals surface area contributed by atoms with Crippen LogP contribution in [0.15, 0.2) is 82.4 Å². The van der Waals surface area contributed by atoms with Crippen LogP contribution in [0, 0.1) is 13.8 Å². The van der Waals surface area contributed by atoms with Gasteiger partial charge in [-0.15, -0.1) is 0 Å². The van der Waals surface area contributed by atoms with E-state index >= 15 is 0 Å². The van der Waals surface area contributed by atoms with Crippen LogP contribution in [0.2, 0.25) is 10.0 Å². The molecule has 2 heterocycles. The summed E-state index contributed by atoms with van der Waals surface area (Å²) < 4.78 is 2.85. The molecule has 0 radical (unpaired) electrons. The molecule has 0 saturated carbocycles. The predicted octanol–water partition coefficient (Wildman–Crippen LogP) is 5.45. The Kier molecular flexibility index (Phi) is 6.12. The van der Waals surface area contributed by atoms with Gasteiger partial charge in [-0.05, 0) is 80.1 Å². The van der Waals surface area contributed by atoms with Gasteiger partial charge in [0.05, 0.1) is 22.5 Å². The number of nitrogens with zero attached hydrogens (tertiary/aromatic N) is 2. The first-order valence-corrected chi connectivity index (χ1v) is 11.9. The van der Waals surface area contributed by atoms with Gasteiger partial charge in [-0.2, -0.15) is 0 Å². The molecule has 0 spiro atoms. The third kappa shape index (κ3) is 4.17. The highest BCUT2D eigenvalue weighted by atomic mass is 35.5. The molecule has 9 heteroatoms. The summed E-state index contributed by atoms with van der Waals surface area (Å²) in [5, 5.41) is 17.6. The first-order chi connectivity index (χ1) is 17.2. The average molecular weight is 521 g/mol.